The molecule has 2 amide bonds. The summed E-state index contributed by atoms with van der Waals surface area (Å²) in [7, 11) is 0. The lowest BCUT2D eigenvalue weighted by Gasteiger charge is -2.32. The van der Waals surface area contributed by atoms with Gasteiger partial charge in [-0.25, -0.2) is 4.79 Å². The maximum atomic E-state index is 12.7. The van der Waals surface area contributed by atoms with Gasteiger partial charge in [0.1, 0.15) is 0 Å². The van der Waals surface area contributed by atoms with Gasteiger partial charge in [-0.15, -0.1) is 0 Å². The minimum Gasteiger partial charge on any atom is -0.334 e. The van der Waals surface area contributed by atoms with E-state index in [1.54, 1.807) is 0 Å². The molecule has 2 aliphatic heterocycles. The number of rotatable bonds is 6. The molecule has 1 saturated heterocycles. The minimum atomic E-state index is -0.193. The molecule has 1 fully saturated rings. The van der Waals surface area contributed by atoms with Crippen LogP contribution < -0.4 is 10.6 Å². The Labute approximate surface area is 166 Å². The molecule has 2 aromatic rings. The van der Waals surface area contributed by atoms with Gasteiger partial charge in [-0.1, -0.05) is 30.3 Å². The summed E-state index contributed by atoms with van der Waals surface area (Å²) in [6.45, 7) is 3.44. The molecule has 2 aliphatic rings. The number of urea groups is 1. The lowest BCUT2D eigenvalue weighted by molar-refractivity contribution is 0.0946. The van der Waals surface area contributed by atoms with Crippen molar-refractivity contribution in [2.45, 2.75) is 32.2 Å². The molecule has 0 bridgehead atoms. The Hall–Kier alpha value is -2.66. The number of nitrogens with one attached hydrogen (secondary N) is 2. The second-order valence-electron chi connectivity index (χ2n) is 7.85. The van der Waals surface area contributed by atoms with Crippen molar-refractivity contribution in [3.63, 3.8) is 0 Å². The largest absolute Gasteiger partial charge is 0.334 e. The fourth-order valence-electron chi connectivity index (χ4n) is 4.25. The van der Waals surface area contributed by atoms with E-state index in [2.05, 4.69) is 45.9 Å². The lowest BCUT2D eigenvalue weighted by Crippen LogP contribution is -2.37. The van der Waals surface area contributed by atoms with Crippen LogP contribution in [0.2, 0.25) is 0 Å². The molecule has 1 atom stereocenters. The van der Waals surface area contributed by atoms with Crippen LogP contribution in [0.1, 0.15) is 40.7 Å². The summed E-state index contributed by atoms with van der Waals surface area (Å²) in [5, 5.41) is 5.51. The maximum Gasteiger partial charge on any atom is 0.319 e. The molecule has 2 aromatic carbocycles. The van der Waals surface area contributed by atoms with E-state index in [1.165, 1.54) is 18.4 Å². The second kappa shape index (κ2) is 8.57. The van der Waals surface area contributed by atoms with Crippen LogP contribution in [0, 0.1) is 5.92 Å². The highest BCUT2D eigenvalue weighted by molar-refractivity contribution is 5.98. The Morgan fingerprint density at radius 1 is 1.14 bits per heavy atom. The molecule has 0 saturated carbocycles. The van der Waals surface area contributed by atoms with Gasteiger partial charge in [0.25, 0.3) is 0 Å². The third kappa shape index (κ3) is 4.60. The molecule has 0 radical (unpaired) electrons. The van der Waals surface area contributed by atoms with Crippen LogP contribution in [-0.4, -0.2) is 36.3 Å². The predicted octanol–water partition coefficient (Wildman–Crippen LogP) is 3.85. The lowest BCUT2D eigenvalue weighted by atomic mass is 9.91. The first-order valence-electron chi connectivity index (χ1n) is 10.1. The van der Waals surface area contributed by atoms with Crippen LogP contribution in [0.15, 0.2) is 48.5 Å². The van der Waals surface area contributed by atoms with Crippen molar-refractivity contribution in [1.82, 2.24) is 10.2 Å². The van der Waals surface area contributed by atoms with Gasteiger partial charge in [0.15, 0.2) is 5.78 Å². The first kappa shape index (κ1) is 18.7. The van der Waals surface area contributed by atoms with Crippen molar-refractivity contribution in [2.24, 2.45) is 5.92 Å². The predicted molar refractivity (Wildman–Crippen MR) is 111 cm³/mol. The van der Waals surface area contributed by atoms with E-state index in [0.29, 0.717) is 18.9 Å². The second-order valence-corrected chi connectivity index (χ2v) is 7.85. The van der Waals surface area contributed by atoms with Gasteiger partial charge in [0.05, 0.1) is 0 Å². The van der Waals surface area contributed by atoms with Gasteiger partial charge >= 0.3 is 6.03 Å². The van der Waals surface area contributed by atoms with Crippen LogP contribution in [0.3, 0.4) is 0 Å². The summed E-state index contributed by atoms with van der Waals surface area (Å²) >= 11 is 0. The van der Waals surface area contributed by atoms with Crippen molar-refractivity contribution in [3.05, 3.63) is 65.2 Å². The summed E-state index contributed by atoms with van der Waals surface area (Å²) in [6.07, 6.45) is 4.13. The number of Topliss-reactive ketones (excluding diaryl/α,β-unsaturated/α-hetero) is 1. The van der Waals surface area contributed by atoms with Crippen LogP contribution in [-0.2, 0) is 13.0 Å². The van der Waals surface area contributed by atoms with Gasteiger partial charge in [-0.2, -0.15) is 0 Å². The number of benzene rings is 2. The maximum absolute atomic E-state index is 12.7. The zero-order valence-corrected chi connectivity index (χ0v) is 16.1. The molecule has 0 aliphatic carbocycles. The fraction of sp³-hybridized carbons (Fsp3) is 0.391. The van der Waals surface area contributed by atoms with Gasteiger partial charge in [-0.05, 0) is 61.1 Å². The zero-order chi connectivity index (χ0) is 19.3. The number of carbonyl (C=O) groups is 2. The molecule has 2 N–H and O–H groups in total. The van der Waals surface area contributed by atoms with Crippen molar-refractivity contribution in [1.29, 1.82) is 0 Å². The normalized spacial score (nSPS) is 19.4. The first-order valence-corrected chi connectivity index (χ1v) is 10.1. The standard InChI is InChI=1S/C23H27N3O2/c27-22(19-8-9-21-20(14-19)15-24-23(28)25-21)10-12-26-11-4-7-18(16-26)13-17-5-2-1-3-6-17/h1-3,5-6,8-9,14,18H,4,7,10-13,15-16H2,(H2,24,25,28)/t18-/m1/s1. The first-order chi connectivity index (χ1) is 13.7. The van der Waals surface area contributed by atoms with Gasteiger partial charge < -0.3 is 15.5 Å². The summed E-state index contributed by atoms with van der Waals surface area (Å²) in [6, 6.07) is 16.0. The van der Waals surface area contributed by atoms with Crippen LogP contribution >= 0.6 is 0 Å². The molecule has 4 rings (SSSR count). The average Bonchev–Trinajstić information content (AvgIpc) is 2.72. The molecule has 0 spiro atoms. The van der Waals surface area contributed by atoms with E-state index in [9.17, 15) is 9.59 Å². The summed E-state index contributed by atoms with van der Waals surface area (Å²) < 4.78 is 0. The third-order valence-electron chi connectivity index (χ3n) is 5.74. The third-order valence-corrected chi connectivity index (χ3v) is 5.74. The molecule has 0 unspecified atom stereocenters. The van der Waals surface area contributed by atoms with Crippen molar-refractivity contribution >= 4 is 17.5 Å². The highest BCUT2D eigenvalue weighted by Crippen LogP contribution is 2.23. The summed E-state index contributed by atoms with van der Waals surface area (Å²) in [5.74, 6) is 0.842. The van der Waals surface area contributed by atoms with E-state index in [4.69, 9.17) is 0 Å². The van der Waals surface area contributed by atoms with Crippen LogP contribution in [0.5, 0.6) is 0 Å². The number of ketones is 1. The molecule has 5 heteroatoms. The van der Waals surface area contributed by atoms with E-state index in [0.717, 1.165) is 42.9 Å². The van der Waals surface area contributed by atoms with E-state index in [-0.39, 0.29) is 11.8 Å². The number of amides is 2. The number of piperidine rings is 1. The van der Waals surface area contributed by atoms with Gasteiger partial charge in [-0.3, -0.25) is 4.79 Å². The quantitative estimate of drug-likeness (QED) is 0.752. The number of hydrogen-bond acceptors (Lipinski definition) is 3. The van der Waals surface area contributed by atoms with Crippen molar-refractivity contribution in [2.75, 3.05) is 25.0 Å². The molecular formula is C23H27N3O2. The van der Waals surface area contributed by atoms with E-state index in [1.807, 2.05) is 18.2 Å². The van der Waals surface area contributed by atoms with Crippen molar-refractivity contribution < 1.29 is 9.59 Å². The molecular weight excluding hydrogens is 350 g/mol. The fourth-order valence-corrected chi connectivity index (χ4v) is 4.25. The SMILES string of the molecule is O=C1NCc2cc(C(=O)CCN3CCC[C@H](Cc4ccccc4)C3)ccc2N1. The highest BCUT2D eigenvalue weighted by atomic mass is 16.2. The zero-order valence-electron chi connectivity index (χ0n) is 16.1. The number of likely N-dealkylation sites (tertiary alicyclic amines) is 1. The highest BCUT2D eigenvalue weighted by Gasteiger charge is 2.21. The Morgan fingerprint density at radius 3 is 2.86 bits per heavy atom. The number of carbonyl (C=O) groups excluding carboxylic acids is 2. The summed E-state index contributed by atoms with van der Waals surface area (Å²) in [5.41, 5.74) is 3.89. The number of nitrogens with zero attached hydrogens (tertiary/aromatic N) is 1. The number of hydrogen-bond donors (Lipinski definition) is 2. The van der Waals surface area contributed by atoms with Gasteiger partial charge in [0.2, 0.25) is 0 Å². The average molecular weight is 377 g/mol. The van der Waals surface area contributed by atoms with E-state index < -0.39 is 0 Å². The Morgan fingerprint density at radius 2 is 2.00 bits per heavy atom. The number of anilines is 1. The van der Waals surface area contributed by atoms with Crippen molar-refractivity contribution in [3.8, 4) is 0 Å². The molecule has 5 nitrogen and oxygen atoms in total. The Kier molecular flexibility index (Phi) is 5.72. The van der Waals surface area contributed by atoms with Crippen LogP contribution in [0.25, 0.3) is 0 Å². The summed E-state index contributed by atoms with van der Waals surface area (Å²) in [4.78, 5) is 26.5. The molecule has 146 valence electrons. The number of fused-ring (bicyclic) bond motifs is 1. The monoisotopic (exact) mass is 377 g/mol. The topological polar surface area (TPSA) is 61.4 Å². The smallest absolute Gasteiger partial charge is 0.319 e. The van der Waals surface area contributed by atoms with E-state index >= 15 is 0 Å². The Balaban J connectivity index is 1.30. The Bertz CT molecular complexity index is 850. The molecule has 2 heterocycles. The molecule has 28 heavy (non-hydrogen) atoms. The minimum absolute atomic E-state index is 0.171. The van der Waals surface area contributed by atoms with Gasteiger partial charge in [0, 0.05) is 37.3 Å². The van der Waals surface area contributed by atoms with Crippen LogP contribution in [0.4, 0.5) is 10.5 Å². The molecule has 0 aromatic heterocycles.